The maximum atomic E-state index is 9.36. The van der Waals surface area contributed by atoms with Crippen molar-refractivity contribution in [3.05, 3.63) is 0 Å². The zero-order chi connectivity index (χ0) is 6.43. The van der Waals surface area contributed by atoms with Crippen LogP contribution in [-0.2, 0) is 0 Å². The lowest BCUT2D eigenvalue weighted by Gasteiger charge is -2.20. The molecule has 1 nitrogen and oxygen atoms in total. The van der Waals surface area contributed by atoms with E-state index in [1.54, 1.807) is 0 Å². The molecule has 1 N–H and O–H groups in total. The third-order valence-corrected chi connectivity index (χ3v) is 3.75. The summed E-state index contributed by atoms with van der Waals surface area (Å²) >= 11 is 3.58. The van der Waals surface area contributed by atoms with Crippen LogP contribution in [0.4, 0.5) is 0 Å². The average Bonchev–Trinajstić information content (AvgIpc) is 2.22. The van der Waals surface area contributed by atoms with Gasteiger partial charge in [0.1, 0.15) is 0 Å². The molecule has 0 spiro atoms. The molecule has 2 saturated carbocycles. The van der Waals surface area contributed by atoms with Crippen LogP contribution in [0.3, 0.4) is 0 Å². The Morgan fingerprint density at radius 1 is 1.22 bits per heavy atom. The zero-order valence-corrected chi connectivity index (χ0v) is 6.84. The molecule has 2 rings (SSSR count). The average molecular weight is 191 g/mol. The second-order valence-corrected chi connectivity index (χ2v) is 4.50. The van der Waals surface area contributed by atoms with E-state index in [1.165, 1.54) is 12.8 Å². The lowest BCUT2D eigenvalue weighted by molar-refractivity contribution is 0.118. The van der Waals surface area contributed by atoms with Gasteiger partial charge in [0.05, 0.1) is 6.10 Å². The van der Waals surface area contributed by atoms with E-state index in [9.17, 15) is 5.11 Å². The molecule has 2 heteroatoms. The maximum Gasteiger partial charge on any atom is 0.0581 e. The lowest BCUT2D eigenvalue weighted by atomic mass is 9.98. The van der Waals surface area contributed by atoms with Crippen LogP contribution < -0.4 is 0 Å². The van der Waals surface area contributed by atoms with E-state index in [0.29, 0.717) is 10.7 Å². The molecular formula is C7H11BrO. The van der Waals surface area contributed by atoms with Gasteiger partial charge < -0.3 is 5.11 Å². The van der Waals surface area contributed by atoms with Crippen molar-refractivity contribution < 1.29 is 5.11 Å². The Balaban J connectivity index is 2.13. The molecule has 0 aromatic carbocycles. The second-order valence-electron chi connectivity index (χ2n) is 3.32. The Kier molecular flexibility index (Phi) is 1.34. The van der Waals surface area contributed by atoms with Crippen molar-refractivity contribution >= 4 is 15.9 Å². The maximum absolute atomic E-state index is 9.36. The molecule has 2 aliphatic carbocycles. The summed E-state index contributed by atoms with van der Waals surface area (Å²) in [5, 5.41) is 9.36. The van der Waals surface area contributed by atoms with Gasteiger partial charge >= 0.3 is 0 Å². The van der Waals surface area contributed by atoms with Crippen LogP contribution in [0.25, 0.3) is 0 Å². The van der Waals surface area contributed by atoms with Gasteiger partial charge in [-0.3, -0.25) is 0 Å². The number of aliphatic hydroxyl groups is 1. The van der Waals surface area contributed by atoms with Crippen molar-refractivity contribution in [2.75, 3.05) is 0 Å². The number of aliphatic hydroxyl groups excluding tert-OH is 1. The minimum Gasteiger partial charge on any atom is -0.393 e. The smallest absolute Gasteiger partial charge is 0.0581 e. The summed E-state index contributed by atoms with van der Waals surface area (Å²) < 4.78 is 0. The Morgan fingerprint density at radius 3 is 2.33 bits per heavy atom. The van der Waals surface area contributed by atoms with Gasteiger partial charge in [-0.15, -0.1) is 0 Å². The summed E-state index contributed by atoms with van der Waals surface area (Å²) in [7, 11) is 0. The van der Waals surface area contributed by atoms with Crippen LogP contribution in [-0.4, -0.2) is 16.0 Å². The van der Waals surface area contributed by atoms with Gasteiger partial charge in [0.25, 0.3) is 0 Å². The Labute approximate surface area is 63.6 Å². The Bertz CT molecular complexity index is 114. The van der Waals surface area contributed by atoms with Gasteiger partial charge in [-0.05, 0) is 31.1 Å². The molecule has 0 amide bonds. The lowest BCUT2D eigenvalue weighted by Crippen LogP contribution is -2.23. The fourth-order valence-electron chi connectivity index (χ4n) is 2.23. The molecule has 0 aromatic heterocycles. The quantitative estimate of drug-likeness (QED) is 0.576. The SMILES string of the molecule is O[C@H]1C[C@@H]2C[C@H]1[C@H](Br)C2. The molecule has 0 aromatic rings. The van der Waals surface area contributed by atoms with Gasteiger partial charge in [-0.25, -0.2) is 0 Å². The first-order valence-electron chi connectivity index (χ1n) is 3.59. The van der Waals surface area contributed by atoms with E-state index in [1.807, 2.05) is 0 Å². The highest BCUT2D eigenvalue weighted by Crippen LogP contribution is 2.47. The predicted octanol–water partition coefficient (Wildman–Crippen LogP) is 1.54. The van der Waals surface area contributed by atoms with Crippen molar-refractivity contribution in [3.8, 4) is 0 Å². The highest BCUT2D eigenvalue weighted by atomic mass is 79.9. The largest absolute Gasteiger partial charge is 0.393 e. The third-order valence-electron chi connectivity index (χ3n) is 2.70. The van der Waals surface area contributed by atoms with E-state index in [4.69, 9.17) is 0 Å². The fraction of sp³-hybridized carbons (Fsp3) is 1.00. The normalized spacial score (nSPS) is 56.7. The topological polar surface area (TPSA) is 20.2 Å². The molecule has 0 aliphatic heterocycles. The predicted molar refractivity (Wildman–Crippen MR) is 39.6 cm³/mol. The van der Waals surface area contributed by atoms with Crippen molar-refractivity contribution in [2.45, 2.75) is 30.2 Å². The standard InChI is InChI=1S/C7H11BrO/c8-6-2-4-1-5(6)7(9)3-4/h4-7,9H,1-3H2/t4-,5+,6-,7+/m1/s1. The number of hydrogen-bond donors (Lipinski definition) is 1. The van der Waals surface area contributed by atoms with Crippen LogP contribution in [0.1, 0.15) is 19.3 Å². The van der Waals surface area contributed by atoms with Crippen LogP contribution in [0.5, 0.6) is 0 Å². The second kappa shape index (κ2) is 1.96. The van der Waals surface area contributed by atoms with Crippen LogP contribution in [0, 0.1) is 11.8 Å². The summed E-state index contributed by atoms with van der Waals surface area (Å²) in [5.41, 5.74) is 0. The first-order chi connectivity index (χ1) is 4.27. The van der Waals surface area contributed by atoms with E-state index in [2.05, 4.69) is 15.9 Å². The minimum atomic E-state index is 0.00752. The summed E-state index contributed by atoms with van der Waals surface area (Å²) in [6.45, 7) is 0. The highest BCUT2D eigenvalue weighted by Gasteiger charge is 2.44. The number of fused-ring (bicyclic) bond motifs is 2. The number of alkyl halides is 1. The molecule has 52 valence electrons. The van der Waals surface area contributed by atoms with E-state index in [0.717, 1.165) is 12.3 Å². The number of rotatable bonds is 0. The number of halogens is 1. The van der Waals surface area contributed by atoms with Gasteiger partial charge in [-0.2, -0.15) is 0 Å². The zero-order valence-electron chi connectivity index (χ0n) is 5.26. The molecule has 0 saturated heterocycles. The van der Waals surface area contributed by atoms with Crippen molar-refractivity contribution in [3.63, 3.8) is 0 Å². The summed E-state index contributed by atoms with van der Waals surface area (Å²) in [4.78, 5) is 0.617. The van der Waals surface area contributed by atoms with Crippen LogP contribution >= 0.6 is 15.9 Å². The van der Waals surface area contributed by atoms with Crippen molar-refractivity contribution in [2.24, 2.45) is 11.8 Å². The molecule has 2 fully saturated rings. The summed E-state index contributed by atoms with van der Waals surface area (Å²) in [6.07, 6.45) is 3.62. The molecule has 0 radical (unpaired) electrons. The molecule has 0 unspecified atom stereocenters. The first-order valence-corrected chi connectivity index (χ1v) is 4.51. The van der Waals surface area contributed by atoms with E-state index in [-0.39, 0.29) is 6.10 Å². The third kappa shape index (κ3) is 0.838. The molecule has 2 bridgehead atoms. The van der Waals surface area contributed by atoms with Gasteiger partial charge in [0.2, 0.25) is 0 Å². The van der Waals surface area contributed by atoms with E-state index < -0.39 is 0 Å². The molecule has 9 heavy (non-hydrogen) atoms. The molecule has 2 aliphatic rings. The Hall–Kier alpha value is 0.440. The van der Waals surface area contributed by atoms with E-state index >= 15 is 0 Å². The Morgan fingerprint density at radius 2 is 2.00 bits per heavy atom. The minimum absolute atomic E-state index is 0.00752. The van der Waals surface area contributed by atoms with Gasteiger partial charge in [0, 0.05) is 4.83 Å². The highest BCUT2D eigenvalue weighted by molar-refractivity contribution is 9.09. The van der Waals surface area contributed by atoms with Gasteiger partial charge in [0.15, 0.2) is 0 Å². The van der Waals surface area contributed by atoms with Crippen molar-refractivity contribution in [1.82, 2.24) is 0 Å². The summed E-state index contributed by atoms with van der Waals surface area (Å²) in [5.74, 6) is 1.41. The molecule has 4 atom stereocenters. The molecular weight excluding hydrogens is 180 g/mol. The van der Waals surface area contributed by atoms with Crippen LogP contribution in [0.2, 0.25) is 0 Å². The summed E-state index contributed by atoms with van der Waals surface area (Å²) in [6, 6.07) is 0. The monoisotopic (exact) mass is 190 g/mol. The molecule has 0 heterocycles. The number of hydrogen-bond acceptors (Lipinski definition) is 1. The fourth-order valence-corrected chi connectivity index (χ4v) is 3.33. The van der Waals surface area contributed by atoms with Crippen LogP contribution in [0.15, 0.2) is 0 Å². The first kappa shape index (κ1) is 6.17. The van der Waals surface area contributed by atoms with Crippen molar-refractivity contribution in [1.29, 1.82) is 0 Å². The van der Waals surface area contributed by atoms with Gasteiger partial charge in [-0.1, -0.05) is 15.9 Å².